The minimum atomic E-state index is -0.473. The van der Waals surface area contributed by atoms with E-state index in [0.29, 0.717) is 17.0 Å². The molecule has 3 heterocycles. The van der Waals surface area contributed by atoms with Gasteiger partial charge in [0.25, 0.3) is 11.8 Å². The summed E-state index contributed by atoms with van der Waals surface area (Å²) in [7, 11) is 0. The standard InChI is InChI=1S/C33H24N4O3/c1-19-15-16-26(40-19)31-20(18-36(35-31)21-9-3-2-4-10-21)17-34-37-32(38)29-27-22-11-5-6-12-23(22)28(30(29)33(37)39)25-14-8-7-13-24(25)27/h2-18,27-30H,1H3/b34-17-/t27?,28?,29-,30-/m1/s1. The summed E-state index contributed by atoms with van der Waals surface area (Å²) >= 11 is 0. The van der Waals surface area contributed by atoms with Gasteiger partial charge in [-0.1, -0.05) is 66.7 Å². The molecule has 2 amide bonds. The molecule has 1 aliphatic heterocycles. The minimum absolute atomic E-state index is 0.165. The maximum atomic E-state index is 13.9. The second-order valence-corrected chi connectivity index (χ2v) is 10.6. The highest BCUT2D eigenvalue weighted by Crippen LogP contribution is 2.60. The summed E-state index contributed by atoms with van der Waals surface area (Å²) in [5.74, 6) is -0.436. The van der Waals surface area contributed by atoms with Gasteiger partial charge in [0, 0.05) is 23.6 Å². The molecule has 0 saturated carbocycles. The molecular formula is C33H24N4O3. The van der Waals surface area contributed by atoms with E-state index in [9.17, 15) is 9.59 Å². The highest BCUT2D eigenvalue weighted by atomic mass is 16.3. The van der Waals surface area contributed by atoms with Crippen LogP contribution in [0.15, 0.2) is 107 Å². The summed E-state index contributed by atoms with van der Waals surface area (Å²) in [4.78, 5) is 27.8. The van der Waals surface area contributed by atoms with Crippen molar-refractivity contribution in [3.05, 3.63) is 131 Å². The molecule has 0 unspecified atom stereocenters. The summed E-state index contributed by atoms with van der Waals surface area (Å²) in [5, 5.41) is 10.4. The first-order valence-corrected chi connectivity index (χ1v) is 13.4. The Balaban J connectivity index is 1.20. The molecule has 40 heavy (non-hydrogen) atoms. The number of imide groups is 1. The molecule has 4 aliphatic rings. The number of hydrogen-bond donors (Lipinski definition) is 0. The number of aromatic nitrogens is 2. The second-order valence-electron chi connectivity index (χ2n) is 10.6. The van der Waals surface area contributed by atoms with Gasteiger partial charge in [-0.3, -0.25) is 9.59 Å². The molecule has 0 radical (unpaired) electrons. The van der Waals surface area contributed by atoms with Crippen LogP contribution in [0.5, 0.6) is 0 Å². The Morgan fingerprint density at radius 2 is 1.30 bits per heavy atom. The van der Waals surface area contributed by atoms with Crippen molar-refractivity contribution in [3.8, 4) is 17.1 Å². The van der Waals surface area contributed by atoms with Gasteiger partial charge in [-0.05, 0) is 53.4 Å². The molecule has 3 aromatic carbocycles. The number of benzene rings is 3. The predicted octanol–water partition coefficient (Wildman–Crippen LogP) is 5.67. The highest BCUT2D eigenvalue weighted by Gasteiger charge is 2.61. The van der Waals surface area contributed by atoms with Gasteiger partial charge in [0.05, 0.1) is 23.7 Å². The van der Waals surface area contributed by atoms with Crippen molar-refractivity contribution in [2.24, 2.45) is 16.9 Å². The number of hydrazone groups is 1. The molecule has 7 heteroatoms. The Bertz CT molecular complexity index is 1730. The van der Waals surface area contributed by atoms with Gasteiger partial charge >= 0.3 is 0 Å². The van der Waals surface area contributed by atoms with E-state index in [4.69, 9.17) is 9.52 Å². The van der Waals surface area contributed by atoms with Crippen LogP contribution in [-0.4, -0.2) is 32.8 Å². The lowest BCUT2D eigenvalue weighted by atomic mass is 9.55. The molecule has 9 rings (SSSR count). The highest BCUT2D eigenvalue weighted by molar-refractivity contribution is 6.08. The molecule has 1 saturated heterocycles. The van der Waals surface area contributed by atoms with E-state index in [-0.39, 0.29) is 23.7 Å². The van der Waals surface area contributed by atoms with Gasteiger partial charge in [0.2, 0.25) is 0 Å². The third-order valence-electron chi connectivity index (χ3n) is 8.47. The van der Waals surface area contributed by atoms with Gasteiger partial charge < -0.3 is 4.42 Å². The quantitative estimate of drug-likeness (QED) is 0.224. The lowest BCUT2D eigenvalue weighted by Crippen LogP contribution is -2.41. The number of nitrogens with zero attached hydrogens (tertiary/aromatic N) is 4. The van der Waals surface area contributed by atoms with Crippen molar-refractivity contribution in [3.63, 3.8) is 0 Å². The van der Waals surface area contributed by atoms with Crippen LogP contribution in [0.1, 0.15) is 45.4 Å². The second kappa shape index (κ2) is 8.48. The molecule has 7 nitrogen and oxygen atoms in total. The largest absolute Gasteiger partial charge is 0.460 e. The maximum absolute atomic E-state index is 13.9. The molecule has 0 N–H and O–H groups in total. The summed E-state index contributed by atoms with van der Waals surface area (Å²) in [6.07, 6.45) is 3.38. The fourth-order valence-corrected chi connectivity index (χ4v) is 6.84. The van der Waals surface area contributed by atoms with Gasteiger partial charge in [0.15, 0.2) is 5.76 Å². The minimum Gasteiger partial charge on any atom is -0.460 e. The fraction of sp³-hybridized carbons (Fsp3) is 0.152. The van der Waals surface area contributed by atoms with E-state index >= 15 is 0 Å². The zero-order valence-electron chi connectivity index (χ0n) is 21.6. The van der Waals surface area contributed by atoms with Crippen molar-refractivity contribution in [2.45, 2.75) is 18.8 Å². The lowest BCUT2D eigenvalue weighted by molar-refractivity contribution is -0.139. The van der Waals surface area contributed by atoms with Crippen LogP contribution in [0.4, 0.5) is 0 Å². The van der Waals surface area contributed by atoms with Crippen LogP contribution < -0.4 is 0 Å². The number of carbonyl (C=O) groups excluding carboxylic acids is 2. The van der Waals surface area contributed by atoms with Gasteiger partial charge in [-0.2, -0.15) is 15.2 Å². The molecule has 3 aliphatic carbocycles. The normalized spacial score (nSPS) is 22.6. The molecule has 2 bridgehead atoms. The zero-order chi connectivity index (χ0) is 27.0. The first kappa shape index (κ1) is 22.9. The van der Waals surface area contributed by atoms with Crippen LogP contribution in [-0.2, 0) is 9.59 Å². The molecule has 2 aromatic heterocycles. The number of aryl methyl sites for hydroxylation is 1. The number of amides is 2. The first-order valence-electron chi connectivity index (χ1n) is 13.4. The Hall–Kier alpha value is -5.04. The Morgan fingerprint density at radius 3 is 1.82 bits per heavy atom. The molecular weight excluding hydrogens is 500 g/mol. The topological polar surface area (TPSA) is 80.7 Å². The van der Waals surface area contributed by atoms with E-state index in [1.54, 1.807) is 10.9 Å². The summed E-state index contributed by atoms with van der Waals surface area (Å²) in [6.45, 7) is 1.87. The monoisotopic (exact) mass is 524 g/mol. The van der Waals surface area contributed by atoms with Crippen molar-refractivity contribution in [1.29, 1.82) is 0 Å². The SMILES string of the molecule is Cc1ccc(-c2nn(-c3ccccc3)cc2/C=N\N2C(=O)[C@@H]3C4c5ccccc5C(c5ccccc54)[C@H]3C2=O)o1. The van der Waals surface area contributed by atoms with E-state index < -0.39 is 11.8 Å². The fourth-order valence-electron chi connectivity index (χ4n) is 6.84. The number of hydrogen-bond acceptors (Lipinski definition) is 5. The summed E-state index contributed by atoms with van der Waals surface area (Å²) in [5.41, 5.74) is 6.65. The molecule has 0 spiro atoms. The molecule has 1 fully saturated rings. The molecule has 5 aromatic rings. The Kier molecular flexibility index (Phi) is 4.85. The van der Waals surface area contributed by atoms with E-state index in [1.165, 1.54) is 0 Å². The smallest absolute Gasteiger partial charge is 0.254 e. The Morgan fingerprint density at radius 1 is 0.750 bits per heavy atom. The van der Waals surface area contributed by atoms with Gasteiger partial charge in [-0.25, -0.2) is 4.68 Å². The van der Waals surface area contributed by atoms with Crippen LogP contribution in [0.3, 0.4) is 0 Å². The van der Waals surface area contributed by atoms with E-state index in [0.717, 1.165) is 38.7 Å². The van der Waals surface area contributed by atoms with Crippen LogP contribution >= 0.6 is 0 Å². The van der Waals surface area contributed by atoms with Crippen molar-refractivity contribution < 1.29 is 14.0 Å². The Labute approximate surface area is 230 Å². The van der Waals surface area contributed by atoms with Crippen LogP contribution in [0.2, 0.25) is 0 Å². The average Bonchev–Trinajstić information content (AvgIpc) is 3.69. The first-order chi connectivity index (χ1) is 19.6. The zero-order valence-corrected chi connectivity index (χ0v) is 21.6. The van der Waals surface area contributed by atoms with Crippen molar-refractivity contribution in [1.82, 2.24) is 14.8 Å². The lowest BCUT2D eigenvalue weighted by Gasteiger charge is -2.45. The molecule has 2 atom stereocenters. The number of rotatable bonds is 4. The summed E-state index contributed by atoms with van der Waals surface area (Å²) in [6, 6.07) is 29.9. The average molecular weight is 525 g/mol. The van der Waals surface area contributed by atoms with Crippen molar-refractivity contribution >= 4 is 18.0 Å². The van der Waals surface area contributed by atoms with Crippen LogP contribution in [0.25, 0.3) is 17.1 Å². The summed E-state index contributed by atoms with van der Waals surface area (Å²) < 4.78 is 7.62. The number of para-hydroxylation sites is 1. The van der Waals surface area contributed by atoms with E-state index in [2.05, 4.69) is 29.4 Å². The van der Waals surface area contributed by atoms with Crippen LogP contribution in [0, 0.1) is 18.8 Å². The predicted molar refractivity (Wildman–Crippen MR) is 149 cm³/mol. The van der Waals surface area contributed by atoms with Gasteiger partial charge in [-0.15, -0.1) is 0 Å². The van der Waals surface area contributed by atoms with Gasteiger partial charge in [0.1, 0.15) is 11.5 Å². The number of carbonyl (C=O) groups is 2. The maximum Gasteiger partial charge on any atom is 0.254 e. The van der Waals surface area contributed by atoms with Crippen molar-refractivity contribution in [2.75, 3.05) is 0 Å². The third-order valence-corrected chi connectivity index (χ3v) is 8.47. The molecule has 194 valence electrons. The number of furan rings is 1. The third kappa shape index (κ3) is 3.18. The van der Waals surface area contributed by atoms with E-state index in [1.807, 2.05) is 79.9 Å².